The highest BCUT2D eigenvalue weighted by molar-refractivity contribution is 5.79. The highest BCUT2D eigenvalue weighted by Gasteiger charge is 2.39. The van der Waals surface area contributed by atoms with Crippen LogP contribution in [0.5, 0.6) is 0 Å². The molecule has 1 aromatic rings. The zero-order valence-electron chi connectivity index (χ0n) is 19.3. The van der Waals surface area contributed by atoms with Crippen LogP contribution < -0.4 is 10.6 Å². The van der Waals surface area contributed by atoms with Gasteiger partial charge in [0.05, 0.1) is 12.7 Å². The first-order chi connectivity index (χ1) is 14.3. The molecule has 0 saturated carbocycles. The highest BCUT2D eigenvalue weighted by Crippen LogP contribution is 2.31. The molecule has 0 bridgehead atoms. The Balaban J connectivity index is 1.68. The Labute approximate surface area is 181 Å². The number of piperidine rings is 2. The second-order valence-electron chi connectivity index (χ2n) is 9.30. The molecule has 170 valence electrons. The first-order valence-electron chi connectivity index (χ1n) is 11.5. The molecular weight excluding hydrogens is 378 g/mol. The van der Waals surface area contributed by atoms with Crippen LogP contribution in [0.4, 0.5) is 0 Å². The van der Waals surface area contributed by atoms with E-state index in [1.165, 1.54) is 45.2 Å². The summed E-state index contributed by atoms with van der Waals surface area (Å²) in [6, 6.07) is 0. The van der Waals surface area contributed by atoms with Crippen molar-refractivity contribution in [2.75, 3.05) is 52.9 Å². The SMILES string of the molecule is CCNC(=NCC(C)(O)c1cnn(C)c1)NCC1(N2CCCCC2)CCN(C)CC1. The van der Waals surface area contributed by atoms with Gasteiger partial charge in [0.25, 0.3) is 0 Å². The summed E-state index contributed by atoms with van der Waals surface area (Å²) < 4.78 is 1.71. The van der Waals surface area contributed by atoms with E-state index in [9.17, 15) is 5.11 Å². The molecule has 2 saturated heterocycles. The lowest BCUT2D eigenvalue weighted by molar-refractivity contribution is 0.0172. The molecule has 3 N–H and O–H groups in total. The van der Waals surface area contributed by atoms with Gasteiger partial charge in [0.15, 0.2) is 5.96 Å². The average molecular weight is 420 g/mol. The van der Waals surface area contributed by atoms with Crippen LogP contribution in [-0.2, 0) is 12.6 Å². The van der Waals surface area contributed by atoms with Gasteiger partial charge in [-0.25, -0.2) is 4.99 Å². The molecule has 0 amide bonds. The Hall–Kier alpha value is -1.64. The maximum absolute atomic E-state index is 10.9. The summed E-state index contributed by atoms with van der Waals surface area (Å²) in [4.78, 5) is 9.89. The molecule has 3 heterocycles. The van der Waals surface area contributed by atoms with Crippen molar-refractivity contribution in [1.82, 2.24) is 30.2 Å². The summed E-state index contributed by atoms with van der Waals surface area (Å²) in [6.07, 6.45) is 9.89. The van der Waals surface area contributed by atoms with Crippen molar-refractivity contribution >= 4 is 5.96 Å². The lowest BCUT2D eigenvalue weighted by Gasteiger charge is -2.50. The number of aryl methyl sites for hydroxylation is 1. The lowest BCUT2D eigenvalue weighted by Crippen LogP contribution is -2.62. The average Bonchev–Trinajstić information content (AvgIpc) is 3.19. The summed E-state index contributed by atoms with van der Waals surface area (Å²) in [7, 11) is 4.08. The number of hydrogen-bond donors (Lipinski definition) is 3. The van der Waals surface area contributed by atoms with Crippen molar-refractivity contribution in [3.8, 4) is 0 Å². The van der Waals surface area contributed by atoms with Gasteiger partial charge in [0, 0.05) is 37.4 Å². The number of hydrogen-bond acceptors (Lipinski definition) is 5. The first-order valence-corrected chi connectivity index (χ1v) is 11.5. The Morgan fingerprint density at radius 3 is 2.47 bits per heavy atom. The van der Waals surface area contributed by atoms with E-state index in [1.807, 2.05) is 13.2 Å². The number of guanidine groups is 1. The van der Waals surface area contributed by atoms with Crippen molar-refractivity contribution in [2.24, 2.45) is 12.0 Å². The zero-order chi connectivity index (χ0) is 21.6. The monoisotopic (exact) mass is 419 g/mol. The van der Waals surface area contributed by atoms with Gasteiger partial charge < -0.3 is 20.6 Å². The maximum Gasteiger partial charge on any atom is 0.191 e. The molecule has 1 aromatic heterocycles. The van der Waals surface area contributed by atoms with Crippen LogP contribution in [0.1, 0.15) is 51.5 Å². The molecule has 8 nitrogen and oxygen atoms in total. The van der Waals surface area contributed by atoms with E-state index in [2.05, 4.69) is 39.5 Å². The van der Waals surface area contributed by atoms with E-state index in [-0.39, 0.29) is 12.1 Å². The molecule has 8 heteroatoms. The van der Waals surface area contributed by atoms with Crippen molar-refractivity contribution in [3.63, 3.8) is 0 Å². The third kappa shape index (κ3) is 5.74. The molecule has 0 aromatic carbocycles. The fourth-order valence-corrected chi connectivity index (χ4v) is 4.62. The number of aromatic nitrogens is 2. The normalized spacial score (nSPS) is 23.2. The van der Waals surface area contributed by atoms with Crippen LogP contribution in [0.3, 0.4) is 0 Å². The van der Waals surface area contributed by atoms with Crippen LogP contribution in [-0.4, -0.2) is 89.0 Å². The third-order valence-electron chi connectivity index (χ3n) is 6.75. The summed E-state index contributed by atoms with van der Waals surface area (Å²) in [5.41, 5.74) is -0.0753. The zero-order valence-corrected chi connectivity index (χ0v) is 19.3. The van der Waals surface area contributed by atoms with Gasteiger partial charge in [-0.05, 0) is 72.8 Å². The van der Waals surface area contributed by atoms with E-state index >= 15 is 0 Å². The number of nitrogens with zero attached hydrogens (tertiary/aromatic N) is 5. The lowest BCUT2D eigenvalue weighted by atomic mass is 9.84. The minimum atomic E-state index is -1.05. The fraction of sp³-hybridized carbons (Fsp3) is 0.818. The summed E-state index contributed by atoms with van der Waals surface area (Å²) >= 11 is 0. The fourth-order valence-electron chi connectivity index (χ4n) is 4.62. The molecular formula is C22H41N7O. The largest absolute Gasteiger partial charge is 0.383 e. The number of nitrogens with one attached hydrogen (secondary N) is 2. The van der Waals surface area contributed by atoms with E-state index in [4.69, 9.17) is 4.99 Å². The van der Waals surface area contributed by atoms with Gasteiger partial charge in [-0.15, -0.1) is 0 Å². The molecule has 2 aliphatic heterocycles. The van der Waals surface area contributed by atoms with Crippen molar-refractivity contribution in [1.29, 1.82) is 0 Å². The molecule has 0 spiro atoms. The Bertz CT molecular complexity index is 685. The molecule has 1 atom stereocenters. The molecule has 3 rings (SSSR count). The second-order valence-corrected chi connectivity index (χ2v) is 9.30. The molecule has 30 heavy (non-hydrogen) atoms. The summed E-state index contributed by atoms with van der Waals surface area (Å²) in [6.45, 7) is 10.5. The molecule has 2 fully saturated rings. The van der Waals surface area contributed by atoms with Crippen molar-refractivity contribution in [2.45, 2.75) is 57.1 Å². The first kappa shape index (κ1) is 23.0. The molecule has 1 unspecified atom stereocenters. The van der Waals surface area contributed by atoms with Gasteiger partial charge in [0.1, 0.15) is 5.60 Å². The van der Waals surface area contributed by atoms with Crippen molar-refractivity contribution in [3.05, 3.63) is 18.0 Å². The smallest absolute Gasteiger partial charge is 0.191 e. The van der Waals surface area contributed by atoms with Crippen LogP contribution in [0, 0.1) is 0 Å². The molecule has 0 radical (unpaired) electrons. The maximum atomic E-state index is 10.9. The van der Waals surface area contributed by atoms with Crippen molar-refractivity contribution < 1.29 is 5.11 Å². The standard InChI is InChI=1S/C22H41N7O/c1-5-23-20(24-17-21(2,30)19-15-26-28(4)16-19)25-18-22(9-13-27(3)14-10-22)29-11-7-6-8-12-29/h15-16,30H,5-14,17-18H2,1-4H3,(H2,23,24,25). The van der Waals surface area contributed by atoms with Crippen LogP contribution in [0.15, 0.2) is 17.4 Å². The minimum Gasteiger partial charge on any atom is -0.383 e. The summed E-state index contributed by atoms with van der Waals surface area (Å²) in [5.74, 6) is 0.775. The van der Waals surface area contributed by atoms with E-state index < -0.39 is 5.60 Å². The van der Waals surface area contributed by atoms with E-state index in [1.54, 1.807) is 17.8 Å². The van der Waals surface area contributed by atoms with Crippen LogP contribution >= 0.6 is 0 Å². The van der Waals surface area contributed by atoms with Gasteiger partial charge in [-0.3, -0.25) is 9.58 Å². The second kappa shape index (κ2) is 10.1. The Morgan fingerprint density at radius 1 is 1.17 bits per heavy atom. The number of likely N-dealkylation sites (tertiary alicyclic amines) is 2. The van der Waals surface area contributed by atoms with Gasteiger partial charge >= 0.3 is 0 Å². The minimum absolute atomic E-state index is 0.189. The molecule has 0 aliphatic carbocycles. The van der Waals surface area contributed by atoms with Gasteiger partial charge in [-0.1, -0.05) is 6.42 Å². The van der Waals surface area contributed by atoms with Crippen LogP contribution in [0.25, 0.3) is 0 Å². The number of rotatable bonds is 7. The van der Waals surface area contributed by atoms with E-state index in [0.717, 1.165) is 37.7 Å². The van der Waals surface area contributed by atoms with Gasteiger partial charge in [0.2, 0.25) is 0 Å². The predicted octanol–water partition coefficient (Wildman–Crippen LogP) is 1.13. The topological polar surface area (TPSA) is 80.9 Å². The highest BCUT2D eigenvalue weighted by atomic mass is 16.3. The number of aliphatic imine (C=N–C) groups is 1. The summed E-state index contributed by atoms with van der Waals surface area (Å²) in [5, 5.41) is 22.0. The molecule has 2 aliphatic rings. The predicted molar refractivity (Wildman–Crippen MR) is 122 cm³/mol. The number of aliphatic hydroxyl groups is 1. The Morgan fingerprint density at radius 2 is 1.87 bits per heavy atom. The van der Waals surface area contributed by atoms with Crippen LogP contribution in [0.2, 0.25) is 0 Å². The third-order valence-corrected chi connectivity index (χ3v) is 6.75. The quantitative estimate of drug-likeness (QED) is 0.454. The Kier molecular flexibility index (Phi) is 7.76. The van der Waals surface area contributed by atoms with E-state index in [0.29, 0.717) is 0 Å². The van der Waals surface area contributed by atoms with Gasteiger partial charge in [-0.2, -0.15) is 5.10 Å².